The lowest BCUT2D eigenvalue weighted by Crippen LogP contribution is -2.23. The second-order valence-corrected chi connectivity index (χ2v) is 3.80. The van der Waals surface area contributed by atoms with E-state index in [1.54, 1.807) is 6.20 Å². The van der Waals surface area contributed by atoms with Crippen LogP contribution in [0.1, 0.15) is 44.7 Å². The average molecular weight is 207 g/mol. The minimum atomic E-state index is 0.351. The average Bonchev–Trinajstić information content (AvgIpc) is 2.25. The Hall–Kier alpha value is -1.09. The van der Waals surface area contributed by atoms with E-state index in [-0.39, 0.29) is 0 Å². The number of nitrogen functional groups attached to an aromatic ring is 1. The summed E-state index contributed by atoms with van der Waals surface area (Å²) in [6, 6.07) is 2.22. The second-order valence-electron chi connectivity index (χ2n) is 3.80. The Morgan fingerprint density at radius 2 is 2.20 bits per heavy atom. The summed E-state index contributed by atoms with van der Waals surface area (Å²) in [6.07, 6.45) is 7.01. The molecule has 0 spiro atoms. The van der Waals surface area contributed by atoms with Gasteiger partial charge in [0, 0.05) is 29.7 Å². The highest BCUT2D eigenvalue weighted by molar-refractivity contribution is 5.46. The smallest absolute Gasteiger partial charge is 0.0393 e. The predicted molar refractivity (Wildman–Crippen MR) is 64.6 cm³/mol. The molecule has 0 bridgehead atoms. The molecule has 1 rings (SSSR count). The molecule has 0 fully saturated rings. The lowest BCUT2D eigenvalue weighted by molar-refractivity contribution is 0.494. The summed E-state index contributed by atoms with van der Waals surface area (Å²) < 4.78 is 0. The first-order valence-corrected chi connectivity index (χ1v) is 5.72. The Kier molecular flexibility index (Phi) is 5.12. The molecule has 1 unspecified atom stereocenters. The van der Waals surface area contributed by atoms with Crippen molar-refractivity contribution in [2.75, 3.05) is 12.3 Å². The highest BCUT2D eigenvalue weighted by atomic mass is 14.9. The van der Waals surface area contributed by atoms with Crippen molar-refractivity contribution < 1.29 is 0 Å². The minimum absolute atomic E-state index is 0.351. The number of aromatic nitrogens is 1. The molecule has 0 aliphatic heterocycles. The van der Waals surface area contributed by atoms with E-state index in [9.17, 15) is 0 Å². The molecule has 3 nitrogen and oxygen atoms in total. The van der Waals surface area contributed by atoms with Crippen LogP contribution in [-0.2, 0) is 0 Å². The van der Waals surface area contributed by atoms with Crippen LogP contribution in [0.15, 0.2) is 18.5 Å². The fraction of sp³-hybridized carbons (Fsp3) is 0.583. The van der Waals surface area contributed by atoms with Crippen LogP contribution in [0, 0.1) is 0 Å². The number of anilines is 1. The van der Waals surface area contributed by atoms with Gasteiger partial charge >= 0.3 is 0 Å². The molecule has 0 aliphatic rings. The van der Waals surface area contributed by atoms with E-state index in [0.29, 0.717) is 6.04 Å². The van der Waals surface area contributed by atoms with Crippen LogP contribution >= 0.6 is 0 Å². The molecule has 1 aromatic heterocycles. The second kappa shape index (κ2) is 6.40. The van der Waals surface area contributed by atoms with E-state index in [4.69, 9.17) is 5.73 Å². The largest absolute Gasteiger partial charge is 0.398 e. The van der Waals surface area contributed by atoms with Gasteiger partial charge in [-0.2, -0.15) is 0 Å². The minimum Gasteiger partial charge on any atom is -0.398 e. The molecule has 84 valence electrons. The van der Waals surface area contributed by atoms with Crippen LogP contribution in [-0.4, -0.2) is 11.5 Å². The van der Waals surface area contributed by atoms with E-state index < -0.39 is 0 Å². The zero-order valence-electron chi connectivity index (χ0n) is 9.66. The SMILES string of the molecule is CCCNC(CCC)c1cnccc1N. The summed E-state index contributed by atoms with van der Waals surface area (Å²) in [5, 5.41) is 3.51. The van der Waals surface area contributed by atoms with Gasteiger partial charge in [-0.1, -0.05) is 20.3 Å². The fourth-order valence-corrected chi connectivity index (χ4v) is 1.68. The molecule has 0 saturated carbocycles. The summed E-state index contributed by atoms with van der Waals surface area (Å²) in [7, 11) is 0. The zero-order valence-corrected chi connectivity index (χ0v) is 9.66. The van der Waals surface area contributed by atoms with Crippen molar-refractivity contribution in [3.8, 4) is 0 Å². The van der Waals surface area contributed by atoms with Gasteiger partial charge in [0.1, 0.15) is 0 Å². The Labute approximate surface area is 92.1 Å². The molecule has 3 N–H and O–H groups in total. The molecule has 0 saturated heterocycles. The van der Waals surface area contributed by atoms with Crippen LogP contribution in [0.5, 0.6) is 0 Å². The van der Waals surface area contributed by atoms with Gasteiger partial charge in [-0.05, 0) is 25.5 Å². The number of hydrogen-bond acceptors (Lipinski definition) is 3. The van der Waals surface area contributed by atoms with Crippen LogP contribution in [0.25, 0.3) is 0 Å². The quantitative estimate of drug-likeness (QED) is 0.753. The summed E-state index contributed by atoms with van der Waals surface area (Å²) in [4.78, 5) is 4.14. The molecule has 1 atom stereocenters. The Morgan fingerprint density at radius 3 is 2.80 bits per heavy atom. The van der Waals surface area contributed by atoms with Crippen LogP contribution < -0.4 is 11.1 Å². The number of nitrogens with one attached hydrogen (secondary N) is 1. The van der Waals surface area contributed by atoms with Crippen molar-refractivity contribution in [1.29, 1.82) is 0 Å². The molecule has 1 heterocycles. The lowest BCUT2D eigenvalue weighted by atomic mass is 10.0. The third-order valence-corrected chi connectivity index (χ3v) is 2.48. The summed E-state index contributed by atoms with van der Waals surface area (Å²) in [6.45, 7) is 5.38. The molecule has 0 aromatic carbocycles. The molecule has 3 heteroatoms. The Bertz CT molecular complexity index is 286. The number of nitrogens with two attached hydrogens (primary N) is 1. The van der Waals surface area contributed by atoms with Crippen molar-refractivity contribution in [2.24, 2.45) is 0 Å². The maximum atomic E-state index is 5.94. The molecule has 15 heavy (non-hydrogen) atoms. The summed E-state index contributed by atoms with van der Waals surface area (Å²) >= 11 is 0. The van der Waals surface area contributed by atoms with Gasteiger partial charge in [0.15, 0.2) is 0 Å². The van der Waals surface area contributed by atoms with Gasteiger partial charge in [0.05, 0.1) is 0 Å². The van der Waals surface area contributed by atoms with Crippen LogP contribution in [0.2, 0.25) is 0 Å². The standard InChI is InChI=1S/C12H21N3/c1-3-5-12(15-7-4-2)10-9-14-8-6-11(10)13/h6,8-9,12,15H,3-5,7H2,1-2H3,(H2,13,14). The first-order chi connectivity index (χ1) is 7.29. The van der Waals surface area contributed by atoms with Gasteiger partial charge in [-0.25, -0.2) is 0 Å². The fourth-order valence-electron chi connectivity index (χ4n) is 1.68. The van der Waals surface area contributed by atoms with Crippen molar-refractivity contribution >= 4 is 5.69 Å². The van der Waals surface area contributed by atoms with Gasteiger partial charge in [0.2, 0.25) is 0 Å². The maximum absolute atomic E-state index is 5.94. The highest BCUT2D eigenvalue weighted by Gasteiger charge is 2.12. The number of nitrogens with zero attached hydrogens (tertiary/aromatic N) is 1. The molecule has 1 aromatic rings. The van der Waals surface area contributed by atoms with E-state index in [1.807, 2.05) is 12.3 Å². The molecular weight excluding hydrogens is 186 g/mol. The van der Waals surface area contributed by atoms with E-state index >= 15 is 0 Å². The topological polar surface area (TPSA) is 50.9 Å². The summed E-state index contributed by atoms with van der Waals surface area (Å²) in [5.41, 5.74) is 7.92. The van der Waals surface area contributed by atoms with Crippen molar-refractivity contribution in [2.45, 2.75) is 39.2 Å². The van der Waals surface area contributed by atoms with E-state index in [1.165, 1.54) is 0 Å². The maximum Gasteiger partial charge on any atom is 0.0393 e. The Morgan fingerprint density at radius 1 is 1.40 bits per heavy atom. The van der Waals surface area contributed by atoms with Crippen molar-refractivity contribution in [1.82, 2.24) is 10.3 Å². The lowest BCUT2D eigenvalue weighted by Gasteiger charge is -2.19. The molecule has 0 aliphatic carbocycles. The molecule has 0 radical (unpaired) electrons. The highest BCUT2D eigenvalue weighted by Crippen LogP contribution is 2.22. The number of pyridine rings is 1. The van der Waals surface area contributed by atoms with Crippen molar-refractivity contribution in [3.05, 3.63) is 24.0 Å². The first kappa shape index (κ1) is 12.0. The predicted octanol–water partition coefficient (Wildman–Crippen LogP) is 2.50. The van der Waals surface area contributed by atoms with E-state index in [0.717, 1.165) is 37.1 Å². The summed E-state index contributed by atoms with van der Waals surface area (Å²) in [5.74, 6) is 0. The van der Waals surface area contributed by atoms with Crippen LogP contribution in [0.3, 0.4) is 0 Å². The van der Waals surface area contributed by atoms with Gasteiger partial charge < -0.3 is 11.1 Å². The number of rotatable bonds is 6. The number of hydrogen-bond donors (Lipinski definition) is 2. The van der Waals surface area contributed by atoms with Gasteiger partial charge in [-0.3, -0.25) is 4.98 Å². The monoisotopic (exact) mass is 207 g/mol. The van der Waals surface area contributed by atoms with E-state index in [2.05, 4.69) is 24.1 Å². The van der Waals surface area contributed by atoms with Crippen molar-refractivity contribution in [3.63, 3.8) is 0 Å². The molecule has 0 amide bonds. The molecular formula is C12H21N3. The normalized spacial score (nSPS) is 12.7. The third kappa shape index (κ3) is 3.51. The zero-order chi connectivity index (χ0) is 11.1. The van der Waals surface area contributed by atoms with Gasteiger partial charge in [0.25, 0.3) is 0 Å². The van der Waals surface area contributed by atoms with Gasteiger partial charge in [-0.15, -0.1) is 0 Å². The first-order valence-electron chi connectivity index (χ1n) is 5.72. The Balaban J connectivity index is 2.74. The van der Waals surface area contributed by atoms with Crippen LogP contribution in [0.4, 0.5) is 5.69 Å². The third-order valence-electron chi connectivity index (χ3n) is 2.48.